The molecule has 0 unspecified atom stereocenters. The number of carbonyl (C=O) groups excluding carboxylic acids is 4. The first kappa shape index (κ1) is 71.0. The summed E-state index contributed by atoms with van der Waals surface area (Å²) in [5, 5.41) is 73.1. The minimum atomic E-state index is -1.49. The van der Waals surface area contributed by atoms with Crippen LogP contribution in [0, 0.1) is 0 Å². The zero-order chi connectivity index (χ0) is 70.5. The standard InChI is InChI=1S/2C17H17BN2O5.2C16H16BN3O4/c1-24-16-8-14-15(7-13(16)17(21)25-2)20(10-19-14)9-11-3-5-12(6-4-11)18(22)23;1-24-16-8-15-14(7-13(16)17(21)25-2)19-10-20(15)9-11-3-5-12(6-4-11)18(22)23;1-24-15-7-13-14(6-12(15)16(18)21)20(9-19-13)8-10-2-4-11(5-3-10)17(22)23;1-24-15-7-14-13(6-12(15)16(18)21)19-9-20(14)8-10-2-4-11(5-3-10)17(22)23/h2*3-8,10,22-23H,9H2,1-2H3;2*2-7,9,22-23H,8H2,1H3,(H2,18,21). The number of ether oxygens (including phenoxy) is 6. The molecular weight excluding hydrogens is 1260 g/mol. The number of fused-ring (bicyclic) bond motifs is 4. The van der Waals surface area contributed by atoms with Gasteiger partial charge in [0.2, 0.25) is 0 Å². The fraction of sp³-hybridized carbons (Fsp3) is 0.152. The van der Waals surface area contributed by atoms with Crippen LogP contribution in [0.25, 0.3) is 44.1 Å². The van der Waals surface area contributed by atoms with Gasteiger partial charge in [-0.05, 0) is 68.4 Å². The number of hydrogen-bond acceptors (Lipinski definition) is 22. The minimum absolute atomic E-state index is 0.288. The molecule has 0 spiro atoms. The number of nitrogens with two attached hydrogens (primary N) is 2. The maximum absolute atomic E-state index is 12.0. The Morgan fingerprint density at radius 1 is 0.337 bits per heavy atom. The van der Waals surface area contributed by atoms with Gasteiger partial charge in [0.25, 0.3) is 11.8 Å². The number of methoxy groups -OCH3 is 6. The summed E-state index contributed by atoms with van der Waals surface area (Å²) in [7, 11) is 2.63. The number of nitrogens with zero attached hydrogens (tertiary/aromatic N) is 8. The number of benzene rings is 8. The molecule has 4 heterocycles. The van der Waals surface area contributed by atoms with Crippen molar-refractivity contribution in [3.05, 3.63) is 215 Å². The monoisotopic (exact) mass is 1330 g/mol. The van der Waals surface area contributed by atoms with Crippen molar-refractivity contribution in [2.75, 3.05) is 42.7 Å². The lowest BCUT2D eigenvalue weighted by Gasteiger charge is -2.09. The second-order valence-electron chi connectivity index (χ2n) is 21.8. The van der Waals surface area contributed by atoms with E-state index in [4.69, 9.17) is 80.1 Å². The number of primary amides is 2. The topological polar surface area (TPSA) is 409 Å². The Morgan fingerprint density at radius 3 is 0.837 bits per heavy atom. The Bertz CT molecular complexity index is 4800. The van der Waals surface area contributed by atoms with Gasteiger partial charge < -0.3 is 98.3 Å². The molecule has 0 atom stereocenters. The number of aromatic nitrogens is 8. The van der Waals surface area contributed by atoms with E-state index in [1.807, 2.05) is 54.7 Å². The molecule has 0 saturated heterocycles. The fourth-order valence-electron chi connectivity index (χ4n) is 10.4. The smallest absolute Gasteiger partial charge is 0.488 e. The first-order chi connectivity index (χ1) is 47.0. The van der Waals surface area contributed by atoms with Gasteiger partial charge in [0, 0.05) is 50.4 Å². The molecule has 12 rings (SSSR count). The van der Waals surface area contributed by atoms with E-state index >= 15 is 0 Å². The Labute approximate surface area is 560 Å². The summed E-state index contributed by atoms with van der Waals surface area (Å²) < 4.78 is 38.1. The highest BCUT2D eigenvalue weighted by Crippen LogP contribution is 2.30. The van der Waals surface area contributed by atoms with Gasteiger partial charge in [0.15, 0.2) is 0 Å². The zero-order valence-electron chi connectivity index (χ0n) is 53.7. The normalized spacial score (nSPS) is 10.8. The molecule has 32 heteroatoms. The second kappa shape index (κ2) is 31.9. The molecule has 0 aliphatic rings. The molecule has 4 aromatic heterocycles. The molecule has 12 aromatic rings. The molecule has 98 heavy (non-hydrogen) atoms. The highest BCUT2D eigenvalue weighted by Gasteiger charge is 2.22. The summed E-state index contributed by atoms with van der Waals surface area (Å²) in [6.07, 6.45) is 6.70. The quantitative estimate of drug-likeness (QED) is 0.0374. The fourth-order valence-corrected chi connectivity index (χ4v) is 10.4. The Balaban J connectivity index is 0.000000153. The molecule has 0 radical (unpaired) electrons. The van der Waals surface area contributed by atoms with Gasteiger partial charge in [-0.25, -0.2) is 29.5 Å². The predicted octanol–water partition coefficient (Wildman–Crippen LogP) is 0.863. The van der Waals surface area contributed by atoms with E-state index < -0.39 is 52.2 Å². The van der Waals surface area contributed by atoms with Gasteiger partial charge in [-0.2, -0.15) is 0 Å². The first-order valence-electron chi connectivity index (χ1n) is 29.7. The van der Waals surface area contributed by atoms with Crippen molar-refractivity contribution >= 4 is 118 Å². The van der Waals surface area contributed by atoms with Crippen molar-refractivity contribution in [3.63, 3.8) is 0 Å². The molecular formula is C66H66B4N10O18. The van der Waals surface area contributed by atoms with Crippen LogP contribution < -0.4 is 52.3 Å². The van der Waals surface area contributed by atoms with Crippen molar-refractivity contribution in [2.45, 2.75) is 26.2 Å². The van der Waals surface area contributed by atoms with E-state index in [1.165, 1.54) is 42.7 Å². The summed E-state index contributed by atoms with van der Waals surface area (Å²) in [6, 6.07) is 41.2. The van der Waals surface area contributed by atoms with Gasteiger partial charge in [0.1, 0.15) is 34.1 Å². The molecule has 12 N–H and O–H groups in total. The maximum atomic E-state index is 12.0. The van der Waals surface area contributed by atoms with E-state index in [1.54, 1.807) is 135 Å². The van der Waals surface area contributed by atoms with Gasteiger partial charge in [0.05, 0.1) is 123 Å². The lowest BCUT2D eigenvalue weighted by Crippen LogP contribution is -2.29. The summed E-state index contributed by atoms with van der Waals surface area (Å²) in [6.45, 7) is 2.12. The van der Waals surface area contributed by atoms with Crippen LogP contribution in [-0.4, -0.2) is 173 Å². The number of carbonyl (C=O) groups is 4. The van der Waals surface area contributed by atoms with Gasteiger partial charge in [-0.15, -0.1) is 0 Å². The molecule has 0 aliphatic carbocycles. The van der Waals surface area contributed by atoms with Crippen LogP contribution in [0.1, 0.15) is 63.7 Å². The number of esters is 2. The summed E-state index contributed by atoms with van der Waals surface area (Å²) >= 11 is 0. The van der Waals surface area contributed by atoms with Crippen molar-refractivity contribution < 1.29 is 87.8 Å². The van der Waals surface area contributed by atoms with Crippen LogP contribution in [-0.2, 0) is 35.7 Å². The van der Waals surface area contributed by atoms with Crippen LogP contribution in [0.5, 0.6) is 23.0 Å². The summed E-state index contributed by atoms with van der Waals surface area (Å²) in [5.41, 5.74) is 23.4. The molecule has 0 fully saturated rings. The van der Waals surface area contributed by atoms with Gasteiger partial charge in [-0.3, -0.25) is 9.59 Å². The molecule has 8 aromatic carbocycles. The van der Waals surface area contributed by atoms with E-state index in [0.29, 0.717) is 110 Å². The van der Waals surface area contributed by atoms with Crippen molar-refractivity contribution in [2.24, 2.45) is 11.5 Å². The van der Waals surface area contributed by atoms with Gasteiger partial charge in [-0.1, -0.05) is 97.1 Å². The largest absolute Gasteiger partial charge is 0.496 e. The molecule has 0 bridgehead atoms. The second-order valence-corrected chi connectivity index (χ2v) is 21.8. The number of rotatable bonds is 20. The summed E-state index contributed by atoms with van der Waals surface area (Å²) in [4.78, 5) is 64.2. The Hall–Kier alpha value is -11.3. The maximum Gasteiger partial charge on any atom is 0.488 e. The number of amides is 2. The highest BCUT2D eigenvalue weighted by molar-refractivity contribution is 6.59. The van der Waals surface area contributed by atoms with Crippen LogP contribution >= 0.6 is 0 Å². The molecule has 500 valence electrons. The van der Waals surface area contributed by atoms with Crippen LogP contribution in [0.2, 0.25) is 0 Å². The van der Waals surface area contributed by atoms with Crippen molar-refractivity contribution in [1.29, 1.82) is 0 Å². The minimum Gasteiger partial charge on any atom is -0.496 e. The predicted molar refractivity (Wildman–Crippen MR) is 366 cm³/mol. The van der Waals surface area contributed by atoms with Crippen LogP contribution in [0.3, 0.4) is 0 Å². The van der Waals surface area contributed by atoms with Gasteiger partial charge >= 0.3 is 40.4 Å². The lowest BCUT2D eigenvalue weighted by molar-refractivity contribution is 0.0588. The SMILES string of the molecule is COC(=O)c1cc2c(cc1OC)ncn2Cc1ccc(B(O)O)cc1.COC(=O)c1cc2ncn(Cc3ccc(B(O)O)cc3)c2cc1OC.COc1cc2c(cc1C(N)=O)ncn2Cc1ccc(B(O)O)cc1.COc1cc2ncn(Cc3ccc(B(O)O)cc3)c2cc1C(N)=O. The zero-order valence-corrected chi connectivity index (χ0v) is 53.7. The van der Waals surface area contributed by atoms with E-state index in [2.05, 4.69) is 19.9 Å². The molecule has 28 nitrogen and oxygen atoms in total. The Kier molecular flexibility index (Phi) is 23.1. The first-order valence-corrected chi connectivity index (χ1v) is 29.7. The summed E-state index contributed by atoms with van der Waals surface area (Å²) in [5.74, 6) is -0.480. The third-order valence-corrected chi connectivity index (χ3v) is 15.6. The highest BCUT2D eigenvalue weighted by atomic mass is 16.5. The van der Waals surface area contributed by atoms with Crippen molar-refractivity contribution in [3.8, 4) is 23.0 Å². The third-order valence-electron chi connectivity index (χ3n) is 15.6. The van der Waals surface area contributed by atoms with Crippen molar-refractivity contribution in [1.82, 2.24) is 38.2 Å². The van der Waals surface area contributed by atoms with E-state index in [0.717, 1.165) is 44.3 Å². The average Bonchev–Trinajstić information content (AvgIpc) is 1.63. The number of hydrogen-bond donors (Lipinski definition) is 10. The third kappa shape index (κ3) is 16.6. The molecule has 0 saturated carbocycles. The van der Waals surface area contributed by atoms with E-state index in [-0.39, 0.29) is 5.56 Å². The molecule has 0 aliphatic heterocycles. The molecule has 2 amide bonds. The number of imidazole rings is 4. The van der Waals surface area contributed by atoms with Crippen LogP contribution in [0.4, 0.5) is 0 Å². The Morgan fingerprint density at radius 2 is 0.561 bits per heavy atom. The average molecular weight is 1330 g/mol. The lowest BCUT2D eigenvalue weighted by atomic mass is 9.80. The van der Waals surface area contributed by atoms with Crippen LogP contribution in [0.15, 0.2) is 171 Å². The van der Waals surface area contributed by atoms with E-state index in [9.17, 15) is 19.2 Å².